The molecule has 3 atom stereocenters. The molecule has 0 aromatic heterocycles. The molecule has 5 rings (SSSR count). The van der Waals surface area contributed by atoms with Gasteiger partial charge < -0.3 is 14.5 Å². The fourth-order valence-electron chi connectivity index (χ4n) is 6.60. The highest BCUT2D eigenvalue weighted by Crippen LogP contribution is 2.39. The van der Waals surface area contributed by atoms with Crippen molar-refractivity contribution in [1.82, 2.24) is 14.7 Å². The van der Waals surface area contributed by atoms with Crippen molar-refractivity contribution in [3.05, 3.63) is 0 Å². The fraction of sp³-hybridized carbons (Fsp3) is 0.909. The van der Waals surface area contributed by atoms with Crippen molar-refractivity contribution >= 4 is 11.8 Å². The SMILES string of the molecule is O=C(C1CCOCC1)N1CCC(N2C[C@H]3C[C@H](C2)[C@H]2CCCC(=O)N2C3)CC1. The zero-order chi connectivity index (χ0) is 19.1. The van der Waals surface area contributed by atoms with Crippen LogP contribution in [0.5, 0.6) is 0 Å². The molecule has 0 N–H and O–H groups in total. The van der Waals surface area contributed by atoms with Crippen LogP contribution in [0.25, 0.3) is 0 Å². The molecule has 2 amide bonds. The Balaban J connectivity index is 1.16. The van der Waals surface area contributed by atoms with E-state index in [0.29, 0.717) is 35.7 Å². The lowest BCUT2D eigenvalue weighted by molar-refractivity contribution is -0.146. The molecule has 5 heterocycles. The molecule has 5 fully saturated rings. The number of likely N-dealkylation sites (tertiary alicyclic amines) is 2. The molecule has 2 bridgehead atoms. The second-order valence-corrected chi connectivity index (χ2v) is 9.76. The molecule has 156 valence electrons. The van der Waals surface area contributed by atoms with Crippen LogP contribution < -0.4 is 0 Å². The van der Waals surface area contributed by atoms with E-state index in [9.17, 15) is 9.59 Å². The summed E-state index contributed by atoms with van der Waals surface area (Å²) in [4.78, 5) is 32.2. The Morgan fingerprint density at radius 3 is 2.54 bits per heavy atom. The van der Waals surface area contributed by atoms with Crippen molar-refractivity contribution in [1.29, 1.82) is 0 Å². The number of amides is 2. The number of rotatable bonds is 2. The molecular weight excluding hydrogens is 354 g/mol. The molecule has 0 aliphatic carbocycles. The standard InChI is InChI=1S/C22H35N3O3/c26-21-3-1-2-20-18-12-16(14-25(20)21)13-24(15-18)19-4-8-23(9-5-19)22(27)17-6-10-28-11-7-17/h16-20H,1-15H2/t16-,18-,20-/m1/s1. The van der Waals surface area contributed by atoms with Gasteiger partial charge >= 0.3 is 0 Å². The average molecular weight is 390 g/mol. The first kappa shape index (κ1) is 18.9. The number of carbonyl (C=O) groups excluding carboxylic acids is 2. The molecule has 0 aromatic rings. The number of hydrogen-bond donors (Lipinski definition) is 0. The van der Waals surface area contributed by atoms with Gasteiger partial charge in [0, 0.05) is 70.4 Å². The smallest absolute Gasteiger partial charge is 0.225 e. The molecule has 0 aromatic carbocycles. The van der Waals surface area contributed by atoms with Crippen LogP contribution in [0.1, 0.15) is 51.4 Å². The maximum atomic E-state index is 12.8. The Kier molecular flexibility index (Phi) is 5.35. The van der Waals surface area contributed by atoms with Crippen LogP contribution in [-0.4, -0.2) is 84.5 Å². The summed E-state index contributed by atoms with van der Waals surface area (Å²) in [6.45, 7) is 6.60. The lowest BCUT2D eigenvalue weighted by Gasteiger charge is -2.54. The van der Waals surface area contributed by atoms with Gasteiger partial charge in [0.05, 0.1) is 0 Å². The Labute approximate surface area is 168 Å². The van der Waals surface area contributed by atoms with E-state index in [2.05, 4.69) is 14.7 Å². The number of nitrogens with zero attached hydrogens (tertiary/aromatic N) is 3. The van der Waals surface area contributed by atoms with Gasteiger partial charge in [-0.05, 0) is 56.8 Å². The first-order valence-electron chi connectivity index (χ1n) is 11.6. The summed E-state index contributed by atoms with van der Waals surface area (Å²) in [5.74, 6) is 2.28. The monoisotopic (exact) mass is 389 g/mol. The quantitative estimate of drug-likeness (QED) is 0.722. The summed E-state index contributed by atoms with van der Waals surface area (Å²) in [6.07, 6.45) is 8.37. The van der Waals surface area contributed by atoms with Gasteiger partial charge in [-0.3, -0.25) is 14.5 Å². The van der Waals surface area contributed by atoms with E-state index in [-0.39, 0.29) is 5.92 Å². The summed E-state index contributed by atoms with van der Waals surface area (Å²) < 4.78 is 5.41. The first-order valence-corrected chi connectivity index (χ1v) is 11.6. The van der Waals surface area contributed by atoms with Crippen molar-refractivity contribution in [3.63, 3.8) is 0 Å². The van der Waals surface area contributed by atoms with Crippen LogP contribution in [0.3, 0.4) is 0 Å². The minimum Gasteiger partial charge on any atom is -0.381 e. The Morgan fingerprint density at radius 1 is 0.964 bits per heavy atom. The van der Waals surface area contributed by atoms with Gasteiger partial charge in [0.15, 0.2) is 0 Å². The van der Waals surface area contributed by atoms with Crippen LogP contribution in [0.2, 0.25) is 0 Å². The van der Waals surface area contributed by atoms with E-state index in [1.165, 1.54) is 12.8 Å². The lowest BCUT2D eigenvalue weighted by atomic mass is 9.75. The van der Waals surface area contributed by atoms with Gasteiger partial charge in [-0.25, -0.2) is 0 Å². The maximum Gasteiger partial charge on any atom is 0.225 e. The molecular formula is C22H35N3O3. The summed E-state index contributed by atoms with van der Waals surface area (Å²) in [6, 6.07) is 1.12. The average Bonchev–Trinajstić information content (AvgIpc) is 2.75. The zero-order valence-corrected chi connectivity index (χ0v) is 17.1. The molecule has 6 nitrogen and oxygen atoms in total. The van der Waals surface area contributed by atoms with Crippen molar-refractivity contribution in [2.45, 2.75) is 63.5 Å². The van der Waals surface area contributed by atoms with E-state index in [1.807, 2.05) is 0 Å². The van der Waals surface area contributed by atoms with Crippen molar-refractivity contribution in [3.8, 4) is 0 Å². The van der Waals surface area contributed by atoms with Gasteiger partial charge in [-0.1, -0.05) is 0 Å². The fourth-order valence-corrected chi connectivity index (χ4v) is 6.60. The van der Waals surface area contributed by atoms with Gasteiger partial charge in [0.1, 0.15) is 0 Å². The minimum atomic E-state index is 0.189. The van der Waals surface area contributed by atoms with Crippen LogP contribution in [-0.2, 0) is 14.3 Å². The lowest BCUT2D eigenvalue weighted by Crippen LogP contribution is -2.62. The van der Waals surface area contributed by atoms with Crippen molar-refractivity contribution < 1.29 is 14.3 Å². The minimum absolute atomic E-state index is 0.189. The van der Waals surface area contributed by atoms with Crippen LogP contribution in [0, 0.1) is 17.8 Å². The Hall–Kier alpha value is -1.14. The summed E-state index contributed by atoms with van der Waals surface area (Å²) >= 11 is 0. The van der Waals surface area contributed by atoms with Crippen LogP contribution >= 0.6 is 0 Å². The molecule has 6 heteroatoms. The Morgan fingerprint density at radius 2 is 1.75 bits per heavy atom. The predicted octanol–water partition coefficient (Wildman–Crippen LogP) is 1.74. The Bertz CT molecular complexity index is 598. The maximum absolute atomic E-state index is 12.8. The van der Waals surface area contributed by atoms with Gasteiger partial charge in [0.2, 0.25) is 11.8 Å². The van der Waals surface area contributed by atoms with Crippen molar-refractivity contribution in [2.75, 3.05) is 45.9 Å². The van der Waals surface area contributed by atoms with Crippen LogP contribution in [0.15, 0.2) is 0 Å². The third kappa shape index (κ3) is 3.58. The third-order valence-electron chi connectivity index (χ3n) is 8.07. The second-order valence-electron chi connectivity index (χ2n) is 9.76. The van der Waals surface area contributed by atoms with Gasteiger partial charge in [-0.15, -0.1) is 0 Å². The van der Waals surface area contributed by atoms with E-state index in [4.69, 9.17) is 4.74 Å². The molecule has 0 spiro atoms. The number of piperidine rings is 4. The highest BCUT2D eigenvalue weighted by Gasteiger charge is 2.45. The van der Waals surface area contributed by atoms with E-state index in [0.717, 1.165) is 84.5 Å². The van der Waals surface area contributed by atoms with E-state index in [1.54, 1.807) is 0 Å². The summed E-state index contributed by atoms with van der Waals surface area (Å²) in [5, 5.41) is 0. The van der Waals surface area contributed by atoms with E-state index < -0.39 is 0 Å². The summed E-state index contributed by atoms with van der Waals surface area (Å²) in [7, 11) is 0. The number of ether oxygens (including phenoxy) is 1. The molecule has 0 saturated carbocycles. The number of hydrogen-bond acceptors (Lipinski definition) is 4. The molecule has 0 unspecified atom stereocenters. The zero-order valence-electron chi connectivity index (χ0n) is 17.1. The highest BCUT2D eigenvalue weighted by molar-refractivity contribution is 5.79. The number of fused-ring (bicyclic) bond motifs is 4. The topological polar surface area (TPSA) is 53.1 Å². The first-order chi connectivity index (χ1) is 13.7. The molecule has 5 aliphatic rings. The third-order valence-corrected chi connectivity index (χ3v) is 8.07. The summed E-state index contributed by atoms with van der Waals surface area (Å²) in [5.41, 5.74) is 0. The molecule has 5 aliphatic heterocycles. The second kappa shape index (κ2) is 7.94. The molecule has 5 saturated heterocycles. The molecule has 28 heavy (non-hydrogen) atoms. The van der Waals surface area contributed by atoms with E-state index >= 15 is 0 Å². The van der Waals surface area contributed by atoms with Gasteiger partial charge in [0.25, 0.3) is 0 Å². The normalized spacial score (nSPS) is 35.7. The largest absolute Gasteiger partial charge is 0.381 e. The number of carbonyl (C=O) groups is 2. The van der Waals surface area contributed by atoms with Crippen LogP contribution in [0.4, 0.5) is 0 Å². The highest BCUT2D eigenvalue weighted by atomic mass is 16.5. The van der Waals surface area contributed by atoms with Crippen molar-refractivity contribution in [2.24, 2.45) is 17.8 Å². The predicted molar refractivity (Wildman–Crippen MR) is 106 cm³/mol. The molecule has 0 radical (unpaired) electrons. The van der Waals surface area contributed by atoms with Gasteiger partial charge in [-0.2, -0.15) is 0 Å².